The first kappa shape index (κ1) is 12.6. The second-order valence-corrected chi connectivity index (χ2v) is 5.45. The Hall–Kier alpha value is -1.39. The Morgan fingerprint density at radius 2 is 2.00 bits per heavy atom. The lowest BCUT2D eigenvalue weighted by atomic mass is 10.2. The topological polar surface area (TPSA) is 47.1 Å². The van der Waals surface area contributed by atoms with E-state index in [0.717, 1.165) is 17.9 Å². The highest BCUT2D eigenvalue weighted by Gasteiger charge is 2.19. The van der Waals surface area contributed by atoms with Crippen molar-refractivity contribution in [3.63, 3.8) is 0 Å². The number of para-hydroxylation sites is 2. The number of nitrogens with two attached hydrogens (primary N) is 1. The minimum Gasteiger partial charge on any atom is -0.328 e. The predicted octanol–water partition coefficient (Wildman–Crippen LogP) is 2.15. The van der Waals surface area contributed by atoms with Crippen LogP contribution in [0.3, 0.4) is 0 Å². The normalized spacial score (nSPS) is 18.2. The zero-order valence-corrected chi connectivity index (χ0v) is 11.5. The Bertz CT molecular complexity index is 554. The maximum Gasteiger partial charge on any atom is 0.124 e. The number of imidazole rings is 1. The van der Waals surface area contributed by atoms with Gasteiger partial charge in [-0.3, -0.25) is 4.90 Å². The molecule has 1 fully saturated rings. The second-order valence-electron chi connectivity index (χ2n) is 5.45. The summed E-state index contributed by atoms with van der Waals surface area (Å²) in [4.78, 5) is 7.30. The smallest absolute Gasteiger partial charge is 0.124 e. The van der Waals surface area contributed by atoms with E-state index in [9.17, 15) is 0 Å². The van der Waals surface area contributed by atoms with Crippen LogP contribution in [0.5, 0.6) is 0 Å². The van der Waals surface area contributed by atoms with Gasteiger partial charge in [-0.25, -0.2) is 4.98 Å². The lowest BCUT2D eigenvalue weighted by Gasteiger charge is -2.19. The number of likely N-dealkylation sites (tertiary alicyclic amines) is 1. The minimum atomic E-state index is 0.296. The van der Waals surface area contributed by atoms with Crippen LogP contribution in [0.15, 0.2) is 24.3 Å². The number of hydrogen-bond donors (Lipinski definition) is 1. The van der Waals surface area contributed by atoms with Gasteiger partial charge in [-0.1, -0.05) is 12.1 Å². The van der Waals surface area contributed by atoms with E-state index in [1.54, 1.807) is 0 Å². The van der Waals surface area contributed by atoms with Gasteiger partial charge >= 0.3 is 0 Å². The molecule has 1 saturated heterocycles. The molecule has 1 aromatic carbocycles. The van der Waals surface area contributed by atoms with E-state index in [1.165, 1.54) is 31.4 Å². The molecule has 19 heavy (non-hydrogen) atoms. The Morgan fingerprint density at radius 3 is 2.74 bits per heavy atom. The molecule has 0 radical (unpaired) electrons. The van der Waals surface area contributed by atoms with Crippen LogP contribution in [0.1, 0.15) is 31.6 Å². The first-order valence-corrected chi connectivity index (χ1v) is 7.18. The molecule has 4 heteroatoms. The van der Waals surface area contributed by atoms with E-state index in [0.29, 0.717) is 12.6 Å². The molecular weight excluding hydrogens is 236 g/mol. The Kier molecular flexibility index (Phi) is 3.53. The average Bonchev–Trinajstić information content (AvgIpc) is 3.05. The number of rotatable bonds is 4. The average molecular weight is 258 g/mol. The summed E-state index contributed by atoms with van der Waals surface area (Å²) in [6.45, 7) is 6.15. The van der Waals surface area contributed by atoms with Crippen LogP contribution in [-0.4, -0.2) is 34.1 Å². The fraction of sp³-hybridized carbons (Fsp3) is 0.533. The first-order valence-electron chi connectivity index (χ1n) is 7.18. The molecule has 0 saturated carbocycles. The number of nitrogens with zero attached hydrogens (tertiary/aromatic N) is 3. The fourth-order valence-corrected chi connectivity index (χ4v) is 2.94. The van der Waals surface area contributed by atoms with Gasteiger partial charge in [0.25, 0.3) is 0 Å². The number of hydrogen-bond acceptors (Lipinski definition) is 3. The minimum absolute atomic E-state index is 0.296. The molecule has 2 N–H and O–H groups in total. The van der Waals surface area contributed by atoms with Crippen LogP contribution in [0.2, 0.25) is 0 Å². The molecule has 0 bridgehead atoms. The molecule has 0 amide bonds. The Labute approximate surface area is 114 Å². The van der Waals surface area contributed by atoms with Crippen molar-refractivity contribution in [3.8, 4) is 0 Å². The van der Waals surface area contributed by atoms with Crippen LogP contribution in [-0.2, 0) is 6.54 Å². The highest BCUT2D eigenvalue weighted by atomic mass is 15.2. The number of fused-ring (bicyclic) bond motifs is 1. The van der Waals surface area contributed by atoms with Gasteiger partial charge in [0.1, 0.15) is 5.82 Å². The van der Waals surface area contributed by atoms with Crippen molar-refractivity contribution in [1.82, 2.24) is 14.5 Å². The van der Waals surface area contributed by atoms with Gasteiger partial charge in [0, 0.05) is 12.6 Å². The third-order valence-electron chi connectivity index (χ3n) is 4.01. The third-order valence-corrected chi connectivity index (χ3v) is 4.01. The van der Waals surface area contributed by atoms with E-state index in [1.807, 2.05) is 6.07 Å². The van der Waals surface area contributed by atoms with E-state index in [2.05, 4.69) is 34.6 Å². The standard InChI is InChI=1S/C15H22N4/c1-12(10-16)19-14-7-3-2-6-13(14)17-15(19)11-18-8-4-5-9-18/h2-3,6-7,12H,4-5,8-11,16H2,1H3. The van der Waals surface area contributed by atoms with Crippen LogP contribution < -0.4 is 5.73 Å². The molecule has 1 atom stereocenters. The number of aromatic nitrogens is 2. The predicted molar refractivity (Wildman–Crippen MR) is 78.0 cm³/mol. The summed E-state index contributed by atoms with van der Waals surface area (Å²) in [5, 5.41) is 0. The molecule has 4 nitrogen and oxygen atoms in total. The highest BCUT2D eigenvalue weighted by Crippen LogP contribution is 2.22. The summed E-state index contributed by atoms with van der Waals surface area (Å²) in [6.07, 6.45) is 2.62. The molecule has 1 aromatic heterocycles. The van der Waals surface area contributed by atoms with Gasteiger partial charge < -0.3 is 10.3 Å². The lowest BCUT2D eigenvalue weighted by Crippen LogP contribution is -2.24. The summed E-state index contributed by atoms with van der Waals surface area (Å²) in [5.74, 6) is 1.15. The van der Waals surface area contributed by atoms with Gasteiger partial charge in [-0.05, 0) is 45.0 Å². The molecule has 1 unspecified atom stereocenters. The summed E-state index contributed by atoms with van der Waals surface area (Å²) in [5.41, 5.74) is 8.15. The summed E-state index contributed by atoms with van der Waals surface area (Å²) in [6, 6.07) is 8.64. The van der Waals surface area contributed by atoms with E-state index >= 15 is 0 Å². The molecule has 2 aromatic rings. The van der Waals surface area contributed by atoms with Crippen molar-refractivity contribution in [3.05, 3.63) is 30.1 Å². The molecule has 0 spiro atoms. The molecule has 2 heterocycles. The van der Waals surface area contributed by atoms with Crippen molar-refractivity contribution >= 4 is 11.0 Å². The van der Waals surface area contributed by atoms with Gasteiger partial charge in [0.2, 0.25) is 0 Å². The number of benzene rings is 1. The molecule has 1 aliphatic rings. The van der Waals surface area contributed by atoms with Crippen molar-refractivity contribution in [1.29, 1.82) is 0 Å². The lowest BCUT2D eigenvalue weighted by molar-refractivity contribution is 0.313. The molecule has 102 valence electrons. The Balaban J connectivity index is 2.00. The largest absolute Gasteiger partial charge is 0.328 e. The van der Waals surface area contributed by atoms with Crippen molar-refractivity contribution in [2.75, 3.05) is 19.6 Å². The van der Waals surface area contributed by atoms with Gasteiger partial charge in [0.15, 0.2) is 0 Å². The molecular formula is C15H22N4. The van der Waals surface area contributed by atoms with E-state index in [-0.39, 0.29) is 0 Å². The van der Waals surface area contributed by atoms with Crippen LogP contribution in [0, 0.1) is 0 Å². The van der Waals surface area contributed by atoms with E-state index < -0.39 is 0 Å². The monoisotopic (exact) mass is 258 g/mol. The van der Waals surface area contributed by atoms with E-state index in [4.69, 9.17) is 10.7 Å². The third kappa shape index (κ3) is 2.38. The maximum atomic E-state index is 5.87. The quantitative estimate of drug-likeness (QED) is 0.914. The van der Waals surface area contributed by atoms with Gasteiger partial charge in [0.05, 0.1) is 17.6 Å². The molecule has 0 aliphatic carbocycles. The van der Waals surface area contributed by atoms with Gasteiger partial charge in [-0.15, -0.1) is 0 Å². The highest BCUT2D eigenvalue weighted by molar-refractivity contribution is 5.76. The SMILES string of the molecule is CC(CN)n1c(CN2CCCC2)nc2ccccc21. The van der Waals surface area contributed by atoms with Crippen molar-refractivity contribution in [2.45, 2.75) is 32.4 Å². The maximum absolute atomic E-state index is 5.87. The van der Waals surface area contributed by atoms with Crippen molar-refractivity contribution in [2.24, 2.45) is 5.73 Å². The first-order chi connectivity index (χ1) is 9.29. The summed E-state index contributed by atoms with van der Waals surface area (Å²) < 4.78 is 2.31. The summed E-state index contributed by atoms with van der Waals surface area (Å²) >= 11 is 0. The molecule has 1 aliphatic heterocycles. The van der Waals surface area contributed by atoms with Crippen LogP contribution in [0.25, 0.3) is 11.0 Å². The second kappa shape index (κ2) is 5.31. The summed E-state index contributed by atoms with van der Waals surface area (Å²) in [7, 11) is 0. The zero-order chi connectivity index (χ0) is 13.2. The fourth-order valence-electron chi connectivity index (χ4n) is 2.94. The Morgan fingerprint density at radius 1 is 1.26 bits per heavy atom. The van der Waals surface area contributed by atoms with Crippen LogP contribution in [0.4, 0.5) is 0 Å². The van der Waals surface area contributed by atoms with Gasteiger partial charge in [-0.2, -0.15) is 0 Å². The molecule has 3 rings (SSSR count). The zero-order valence-electron chi connectivity index (χ0n) is 11.5. The van der Waals surface area contributed by atoms with Crippen LogP contribution >= 0.6 is 0 Å². The van der Waals surface area contributed by atoms with Crippen molar-refractivity contribution < 1.29 is 0 Å².